The third kappa shape index (κ3) is 5.09. The van der Waals surface area contributed by atoms with Crippen molar-refractivity contribution in [1.29, 1.82) is 0 Å². The maximum Gasteiger partial charge on any atom is 0.121 e. The number of nitrogens with zero attached hydrogens (tertiary/aromatic N) is 2. The summed E-state index contributed by atoms with van der Waals surface area (Å²) in [7, 11) is 0. The van der Waals surface area contributed by atoms with Crippen LogP contribution < -0.4 is 10.1 Å². The molecule has 2 aromatic rings. The zero-order valence-electron chi connectivity index (χ0n) is 19.7. The fourth-order valence-corrected chi connectivity index (χ4v) is 4.82. The molecule has 2 aliphatic heterocycles. The molecule has 0 atom stereocenters. The minimum absolute atomic E-state index is 0.0655. The average Bonchev–Trinajstić information content (AvgIpc) is 2.78. The molecule has 1 saturated heterocycles. The van der Waals surface area contributed by atoms with Gasteiger partial charge in [0.05, 0.1) is 26.4 Å². The van der Waals surface area contributed by atoms with Gasteiger partial charge in [-0.25, -0.2) is 0 Å². The molecule has 0 bridgehead atoms. The molecule has 32 heavy (non-hydrogen) atoms. The molecular formula is C26H37N3O3. The van der Waals surface area contributed by atoms with Gasteiger partial charge >= 0.3 is 0 Å². The van der Waals surface area contributed by atoms with E-state index in [-0.39, 0.29) is 12.0 Å². The van der Waals surface area contributed by atoms with Gasteiger partial charge in [-0.15, -0.1) is 0 Å². The van der Waals surface area contributed by atoms with Crippen LogP contribution in [0, 0.1) is 0 Å². The third-order valence-corrected chi connectivity index (χ3v) is 6.66. The van der Waals surface area contributed by atoms with Crippen LogP contribution >= 0.6 is 0 Å². The van der Waals surface area contributed by atoms with E-state index in [0.717, 1.165) is 50.7 Å². The molecule has 6 nitrogen and oxygen atoms in total. The molecule has 0 saturated carbocycles. The molecule has 0 unspecified atom stereocenters. The van der Waals surface area contributed by atoms with Gasteiger partial charge in [-0.05, 0) is 35.7 Å². The molecular weight excluding hydrogens is 402 g/mol. The second kappa shape index (κ2) is 10.2. The van der Waals surface area contributed by atoms with E-state index in [0.29, 0.717) is 19.8 Å². The summed E-state index contributed by atoms with van der Waals surface area (Å²) in [5.74, 6) is 0.911. The zero-order chi connectivity index (χ0) is 22.6. The number of anilines is 2. The van der Waals surface area contributed by atoms with Crippen LogP contribution in [0.25, 0.3) is 0 Å². The van der Waals surface area contributed by atoms with Gasteiger partial charge < -0.3 is 19.9 Å². The van der Waals surface area contributed by atoms with Crippen LogP contribution in [-0.4, -0.2) is 74.1 Å². The van der Waals surface area contributed by atoms with Crippen molar-refractivity contribution < 1.29 is 14.6 Å². The van der Waals surface area contributed by atoms with Gasteiger partial charge in [0.15, 0.2) is 0 Å². The van der Waals surface area contributed by atoms with Crippen molar-refractivity contribution in [2.24, 2.45) is 0 Å². The highest BCUT2D eigenvalue weighted by Gasteiger charge is 2.33. The van der Waals surface area contributed by atoms with Crippen LogP contribution in [0.5, 0.6) is 5.75 Å². The quantitative estimate of drug-likeness (QED) is 0.583. The summed E-state index contributed by atoms with van der Waals surface area (Å²) in [6.07, 6.45) is 0. The molecule has 0 spiro atoms. The topological polar surface area (TPSA) is 57.2 Å². The Morgan fingerprint density at radius 3 is 2.47 bits per heavy atom. The Hall–Kier alpha value is -2.12. The molecule has 2 heterocycles. The van der Waals surface area contributed by atoms with Gasteiger partial charge in [0, 0.05) is 62.1 Å². The summed E-state index contributed by atoms with van der Waals surface area (Å²) < 4.78 is 11.1. The number of aliphatic hydroxyl groups is 1. The molecule has 2 N–H and O–H groups in total. The van der Waals surface area contributed by atoms with Crippen molar-refractivity contribution in [3.05, 3.63) is 53.1 Å². The van der Waals surface area contributed by atoms with Gasteiger partial charge in [-0.2, -0.15) is 0 Å². The largest absolute Gasteiger partial charge is 0.494 e. The number of benzene rings is 2. The van der Waals surface area contributed by atoms with E-state index in [4.69, 9.17) is 14.6 Å². The van der Waals surface area contributed by atoms with Crippen LogP contribution in [0.2, 0.25) is 0 Å². The second-order valence-corrected chi connectivity index (χ2v) is 9.22. The van der Waals surface area contributed by atoms with Crippen molar-refractivity contribution in [3.63, 3.8) is 0 Å². The fourth-order valence-electron chi connectivity index (χ4n) is 4.82. The minimum Gasteiger partial charge on any atom is -0.494 e. The lowest BCUT2D eigenvalue weighted by molar-refractivity contribution is 0.0564. The molecule has 6 heteroatoms. The van der Waals surface area contributed by atoms with Crippen molar-refractivity contribution in [1.82, 2.24) is 9.80 Å². The Labute approximate surface area is 192 Å². The van der Waals surface area contributed by atoms with E-state index in [1.165, 1.54) is 22.4 Å². The normalized spacial score (nSPS) is 18.0. The Bertz CT molecular complexity index is 907. The first-order valence-electron chi connectivity index (χ1n) is 11.8. The lowest BCUT2D eigenvalue weighted by Crippen LogP contribution is -2.46. The molecule has 2 aromatic carbocycles. The summed E-state index contributed by atoms with van der Waals surface area (Å²) in [5, 5.41) is 12.4. The van der Waals surface area contributed by atoms with Crippen molar-refractivity contribution in [2.75, 3.05) is 64.5 Å². The van der Waals surface area contributed by atoms with Crippen LogP contribution in [0.1, 0.15) is 37.5 Å². The van der Waals surface area contributed by atoms with Crippen LogP contribution in [0.15, 0.2) is 36.4 Å². The van der Waals surface area contributed by atoms with Crippen LogP contribution in [-0.2, 0) is 16.7 Å². The fraction of sp³-hybridized carbons (Fsp3) is 0.538. The predicted molar refractivity (Wildman–Crippen MR) is 129 cm³/mol. The van der Waals surface area contributed by atoms with Gasteiger partial charge in [0.2, 0.25) is 0 Å². The molecule has 4 rings (SSSR count). The Morgan fingerprint density at radius 2 is 1.72 bits per heavy atom. The summed E-state index contributed by atoms with van der Waals surface area (Å²) in [4.78, 5) is 4.99. The number of nitrogens with one attached hydrogen (secondary N) is 1. The minimum atomic E-state index is -0.0655. The molecule has 1 fully saturated rings. The Balaban J connectivity index is 1.40. The van der Waals surface area contributed by atoms with Gasteiger partial charge in [-0.3, -0.25) is 9.80 Å². The zero-order valence-corrected chi connectivity index (χ0v) is 19.7. The van der Waals surface area contributed by atoms with E-state index in [9.17, 15) is 0 Å². The smallest absolute Gasteiger partial charge is 0.121 e. The van der Waals surface area contributed by atoms with Crippen molar-refractivity contribution >= 4 is 11.4 Å². The summed E-state index contributed by atoms with van der Waals surface area (Å²) in [5.41, 5.74) is 6.29. The van der Waals surface area contributed by atoms with Gasteiger partial charge in [0.1, 0.15) is 5.75 Å². The van der Waals surface area contributed by atoms with Gasteiger partial charge in [-0.1, -0.05) is 32.0 Å². The molecule has 174 valence electrons. The highest BCUT2D eigenvalue weighted by Crippen LogP contribution is 2.46. The summed E-state index contributed by atoms with van der Waals surface area (Å²) in [6.45, 7) is 14.7. The van der Waals surface area contributed by atoms with Crippen LogP contribution in [0.3, 0.4) is 0 Å². The number of fused-ring (bicyclic) bond motifs is 2. The second-order valence-electron chi connectivity index (χ2n) is 9.22. The number of rotatable bonds is 9. The number of hydrogen-bond acceptors (Lipinski definition) is 6. The van der Waals surface area contributed by atoms with E-state index in [1.54, 1.807) is 0 Å². The summed E-state index contributed by atoms with van der Waals surface area (Å²) in [6, 6.07) is 13.3. The lowest BCUT2D eigenvalue weighted by atomic mass is 9.74. The first-order valence-corrected chi connectivity index (χ1v) is 11.8. The van der Waals surface area contributed by atoms with E-state index in [2.05, 4.69) is 65.4 Å². The first-order chi connectivity index (χ1) is 15.5. The molecule has 0 aromatic heterocycles. The Kier molecular flexibility index (Phi) is 7.36. The average molecular weight is 440 g/mol. The predicted octanol–water partition coefficient (Wildman–Crippen LogP) is 3.59. The number of ether oxygens (including phenoxy) is 2. The highest BCUT2D eigenvalue weighted by atomic mass is 16.5. The van der Waals surface area contributed by atoms with Crippen LogP contribution in [0.4, 0.5) is 11.4 Å². The monoisotopic (exact) mass is 439 g/mol. The molecule has 0 radical (unpaired) electrons. The molecule has 2 aliphatic rings. The SMILES string of the molecule is CCOc1ccc2c(c1)Nc1ccc(CN3CCN(CCOCCO)CC3)cc1C2(C)C. The first kappa shape index (κ1) is 23.1. The summed E-state index contributed by atoms with van der Waals surface area (Å²) >= 11 is 0. The van der Waals surface area contributed by atoms with Crippen molar-refractivity contribution in [3.8, 4) is 5.75 Å². The van der Waals surface area contributed by atoms with E-state index < -0.39 is 0 Å². The standard InChI is InChI=1S/C26H37N3O3/c1-4-32-21-6-7-22-25(18-21)27-24-8-5-20(17-23(24)26(22,2)3)19-29-11-9-28(10-12-29)13-15-31-16-14-30/h5-8,17-18,27,30H,4,9-16,19H2,1-3H3. The molecule has 0 amide bonds. The third-order valence-electron chi connectivity index (χ3n) is 6.66. The van der Waals surface area contributed by atoms with Crippen molar-refractivity contribution in [2.45, 2.75) is 32.7 Å². The maximum atomic E-state index is 8.81. The lowest BCUT2D eigenvalue weighted by Gasteiger charge is -2.37. The van der Waals surface area contributed by atoms with Gasteiger partial charge in [0.25, 0.3) is 0 Å². The molecule has 0 aliphatic carbocycles. The van der Waals surface area contributed by atoms with E-state index >= 15 is 0 Å². The van der Waals surface area contributed by atoms with E-state index in [1.807, 2.05) is 6.92 Å². The maximum absolute atomic E-state index is 8.81. The number of piperazine rings is 1. The number of hydrogen-bond donors (Lipinski definition) is 2. The highest BCUT2D eigenvalue weighted by molar-refractivity contribution is 5.76. The number of aliphatic hydroxyl groups excluding tert-OH is 1. The Morgan fingerprint density at radius 1 is 0.938 bits per heavy atom.